The number of benzene rings is 1. The topological polar surface area (TPSA) is 73.1 Å². The molecule has 0 amide bonds. The quantitative estimate of drug-likeness (QED) is 0.908. The van der Waals surface area contributed by atoms with Crippen molar-refractivity contribution in [1.82, 2.24) is 9.97 Å². The number of hydrogen-bond acceptors (Lipinski definition) is 5. The number of hydrogen-bond donors (Lipinski definition) is 2. The van der Waals surface area contributed by atoms with Crippen molar-refractivity contribution in [3.05, 3.63) is 40.6 Å². The Labute approximate surface area is 114 Å². The van der Waals surface area contributed by atoms with Gasteiger partial charge in [0, 0.05) is 17.6 Å². The maximum atomic E-state index is 5.72. The first-order valence-corrected chi connectivity index (χ1v) is 6.12. The third-order valence-corrected chi connectivity index (χ3v) is 2.89. The Morgan fingerprint density at radius 1 is 1.33 bits per heavy atom. The highest BCUT2D eigenvalue weighted by Gasteiger charge is 2.04. The number of aromatic nitrogens is 2. The van der Waals surface area contributed by atoms with Crippen LogP contribution in [-0.4, -0.2) is 17.1 Å². The van der Waals surface area contributed by atoms with Gasteiger partial charge in [-0.1, -0.05) is 12.1 Å². The second kappa shape index (κ2) is 5.79. The van der Waals surface area contributed by atoms with Crippen LogP contribution in [0.15, 0.2) is 34.8 Å². The molecule has 0 fully saturated rings. The van der Waals surface area contributed by atoms with Gasteiger partial charge in [0.05, 0.1) is 5.69 Å². The van der Waals surface area contributed by atoms with Crippen LogP contribution in [0.2, 0.25) is 0 Å². The zero-order chi connectivity index (χ0) is 13.0. The molecule has 1 aromatic carbocycles. The lowest BCUT2D eigenvalue weighted by molar-refractivity contribution is 0.178. The molecule has 1 heterocycles. The lowest BCUT2D eigenvalue weighted by Crippen LogP contribution is -2.04. The maximum absolute atomic E-state index is 5.72. The van der Waals surface area contributed by atoms with Crippen LogP contribution >= 0.6 is 15.9 Å². The van der Waals surface area contributed by atoms with Gasteiger partial charge in [-0.05, 0) is 28.1 Å². The van der Waals surface area contributed by atoms with E-state index in [1.54, 1.807) is 13.2 Å². The van der Waals surface area contributed by atoms with Gasteiger partial charge in [-0.25, -0.2) is 9.97 Å². The van der Waals surface area contributed by atoms with Crippen molar-refractivity contribution >= 4 is 33.3 Å². The van der Waals surface area contributed by atoms with Crippen LogP contribution in [0.25, 0.3) is 0 Å². The average Bonchev–Trinajstić information content (AvgIpc) is 2.32. The number of nitrogens with zero attached hydrogens (tertiary/aromatic N) is 2. The number of nitrogens with one attached hydrogen (secondary N) is 1. The molecule has 94 valence electrons. The van der Waals surface area contributed by atoms with E-state index in [0.29, 0.717) is 24.1 Å². The van der Waals surface area contributed by atoms with Gasteiger partial charge in [-0.2, -0.15) is 0 Å². The number of methoxy groups -OCH3 is 1. The fourth-order valence-electron chi connectivity index (χ4n) is 1.48. The molecular formula is C12H13BrN4O. The Morgan fingerprint density at radius 2 is 2.11 bits per heavy atom. The summed E-state index contributed by atoms with van der Waals surface area (Å²) in [5.41, 5.74) is 6.64. The predicted molar refractivity (Wildman–Crippen MR) is 74.6 cm³/mol. The van der Waals surface area contributed by atoms with Gasteiger partial charge in [-0.3, -0.25) is 0 Å². The molecule has 0 unspecified atom stereocenters. The van der Waals surface area contributed by atoms with Crippen LogP contribution in [-0.2, 0) is 11.3 Å². The van der Waals surface area contributed by atoms with Gasteiger partial charge in [0.25, 0.3) is 0 Å². The molecule has 0 atom stereocenters. The highest BCUT2D eigenvalue weighted by atomic mass is 79.9. The molecule has 2 aromatic rings. The molecule has 0 aliphatic carbocycles. The SMILES string of the molecule is COCc1nc(N)cc(Nc2ccccc2Br)n1. The van der Waals surface area contributed by atoms with E-state index in [1.807, 2.05) is 24.3 Å². The van der Waals surface area contributed by atoms with E-state index in [4.69, 9.17) is 10.5 Å². The van der Waals surface area contributed by atoms with Gasteiger partial charge in [0.2, 0.25) is 0 Å². The van der Waals surface area contributed by atoms with Crippen LogP contribution in [0.3, 0.4) is 0 Å². The zero-order valence-corrected chi connectivity index (χ0v) is 11.4. The number of nitrogen functional groups attached to an aromatic ring is 1. The zero-order valence-electron chi connectivity index (χ0n) is 9.85. The molecule has 18 heavy (non-hydrogen) atoms. The Bertz CT molecular complexity index is 547. The first kappa shape index (κ1) is 12.8. The van der Waals surface area contributed by atoms with Gasteiger partial charge in [-0.15, -0.1) is 0 Å². The van der Waals surface area contributed by atoms with E-state index in [9.17, 15) is 0 Å². The Morgan fingerprint density at radius 3 is 2.83 bits per heavy atom. The molecule has 0 aliphatic heterocycles. The number of nitrogens with two attached hydrogens (primary N) is 1. The molecule has 2 rings (SSSR count). The van der Waals surface area contributed by atoms with E-state index < -0.39 is 0 Å². The van der Waals surface area contributed by atoms with Gasteiger partial charge >= 0.3 is 0 Å². The fourth-order valence-corrected chi connectivity index (χ4v) is 1.86. The predicted octanol–water partition coefficient (Wildman–Crippen LogP) is 2.71. The van der Waals surface area contributed by atoms with Crippen molar-refractivity contribution < 1.29 is 4.74 Å². The second-order valence-electron chi connectivity index (χ2n) is 3.63. The summed E-state index contributed by atoms with van der Waals surface area (Å²) in [5.74, 6) is 1.60. The monoisotopic (exact) mass is 308 g/mol. The fraction of sp³-hybridized carbons (Fsp3) is 0.167. The number of para-hydroxylation sites is 1. The van der Waals surface area contributed by atoms with E-state index in [0.717, 1.165) is 10.2 Å². The molecule has 3 N–H and O–H groups in total. The Kier molecular flexibility index (Phi) is 4.11. The Hall–Kier alpha value is -1.66. The minimum Gasteiger partial charge on any atom is -0.384 e. The largest absolute Gasteiger partial charge is 0.384 e. The van der Waals surface area contributed by atoms with E-state index in [1.165, 1.54) is 0 Å². The average molecular weight is 309 g/mol. The van der Waals surface area contributed by atoms with Crippen LogP contribution in [0, 0.1) is 0 Å². The summed E-state index contributed by atoms with van der Waals surface area (Å²) < 4.78 is 5.95. The molecule has 6 heteroatoms. The van der Waals surface area contributed by atoms with Crippen LogP contribution in [0.5, 0.6) is 0 Å². The molecule has 5 nitrogen and oxygen atoms in total. The summed E-state index contributed by atoms with van der Waals surface area (Å²) >= 11 is 3.46. The molecule has 0 bridgehead atoms. The van der Waals surface area contributed by atoms with Crippen LogP contribution in [0.1, 0.15) is 5.82 Å². The lowest BCUT2D eigenvalue weighted by atomic mass is 10.3. The minimum absolute atomic E-state index is 0.329. The summed E-state index contributed by atoms with van der Waals surface area (Å²) in [6.07, 6.45) is 0. The molecule has 0 saturated heterocycles. The normalized spacial score (nSPS) is 10.3. The summed E-state index contributed by atoms with van der Waals surface area (Å²) in [7, 11) is 1.59. The number of anilines is 3. The standard InChI is InChI=1S/C12H13BrN4O/c1-18-7-12-16-10(14)6-11(17-12)15-9-5-3-2-4-8(9)13/h2-6H,7H2,1H3,(H3,14,15,16,17). The van der Waals surface area contributed by atoms with Crippen molar-refractivity contribution in [1.29, 1.82) is 0 Å². The van der Waals surface area contributed by atoms with Crippen molar-refractivity contribution in [2.45, 2.75) is 6.61 Å². The summed E-state index contributed by atoms with van der Waals surface area (Å²) in [6.45, 7) is 0.329. The minimum atomic E-state index is 0.329. The van der Waals surface area contributed by atoms with E-state index in [2.05, 4.69) is 31.2 Å². The summed E-state index contributed by atoms with van der Waals surface area (Å²) in [4.78, 5) is 8.39. The lowest BCUT2D eigenvalue weighted by Gasteiger charge is -2.09. The molecule has 1 aromatic heterocycles. The van der Waals surface area contributed by atoms with Crippen LogP contribution in [0.4, 0.5) is 17.3 Å². The molecule has 0 saturated carbocycles. The van der Waals surface area contributed by atoms with E-state index >= 15 is 0 Å². The van der Waals surface area contributed by atoms with Crippen molar-refractivity contribution in [3.8, 4) is 0 Å². The third-order valence-electron chi connectivity index (χ3n) is 2.20. The second-order valence-corrected chi connectivity index (χ2v) is 4.49. The Balaban J connectivity index is 2.26. The first-order chi connectivity index (χ1) is 8.69. The van der Waals surface area contributed by atoms with Gasteiger partial charge in [0.15, 0.2) is 5.82 Å². The highest BCUT2D eigenvalue weighted by molar-refractivity contribution is 9.10. The maximum Gasteiger partial charge on any atom is 0.158 e. The van der Waals surface area contributed by atoms with Crippen molar-refractivity contribution in [3.63, 3.8) is 0 Å². The smallest absolute Gasteiger partial charge is 0.158 e. The molecule has 0 spiro atoms. The number of halogens is 1. The summed E-state index contributed by atoms with van der Waals surface area (Å²) in [5, 5.41) is 3.18. The molecular weight excluding hydrogens is 296 g/mol. The van der Waals surface area contributed by atoms with Crippen molar-refractivity contribution in [2.75, 3.05) is 18.2 Å². The van der Waals surface area contributed by atoms with Crippen molar-refractivity contribution in [2.24, 2.45) is 0 Å². The third kappa shape index (κ3) is 3.18. The van der Waals surface area contributed by atoms with Gasteiger partial charge in [0.1, 0.15) is 18.2 Å². The summed E-state index contributed by atoms with van der Waals surface area (Å²) in [6, 6.07) is 9.45. The van der Waals surface area contributed by atoms with Crippen LogP contribution < -0.4 is 11.1 Å². The molecule has 0 radical (unpaired) electrons. The number of ether oxygens (including phenoxy) is 1. The number of rotatable bonds is 4. The van der Waals surface area contributed by atoms with Gasteiger partial charge < -0.3 is 15.8 Å². The first-order valence-electron chi connectivity index (χ1n) is 5.33. The highest BCUT2D eigenvalue weighted by Crippen LogP contribution is 2.24. The van der Waals surface area contributed by atoms with E-state index in [-0.39, 0.29) is 0 Å². The molecule has 0 aliphatic rings.